The summed E-state index contributed by atoms with van der Waals surface area (Å²) in [7, 11) is 0. The van der Waals surface area contributed by atoms with Crippen molar-refractivity contribution in [3.05, 3.63) is 111 Å². The lowest BCUT2D eigenvalue weighted by molar-refractivity contribution is -0.123. The molecule has 4 aromatic rings. The monoisotopic (exact) mass is 494 g/mol. The second-order valence-electron chi connectivity index (χ2n) is 7.82. The van der Waals surface area contributed by atoms with Gasteiger partial charge < -0.3 is 4.57 Å². The lowest BCUT2D eigenvalue weighted by Crippen LogP contribution is -2.27. The Morgan fingerprint density at radius 3 is 2.44 bits per heavy atom. The molecule has 3 aromatic carbocycles. The van der Waals surface area contributed by atoms with Gasteiger partial charge >= 0.3 is 0 Å². The van der Waals surface area contributed by atoms with Crippen LogP contribution in [0, 0.1) is 11.6 Å². The number of thioether (sulfide) groups is 1. The van der Waals surface area contributed by atoms with Crippen molar-refractivity contribution in [3.8, 4) is 0 Å². The van der Waals surface area contributed by atoms with E-state index in [-0.39, 0.29) is 24.1 Å². The Labute approximate surface area is 203 Å². The third-order valence-corrected chi connectivity index (χ3v) is 6.89. The second kappa shape index (κ2) is 9.08. The zero-order valence-electron chi connectivity index (χ0n) is 17.7. The molecular weight excluding hydrogens is 478 g/mol. The maximum atomic E-state index is 14.4. The van der Waals surface area contributed by atoms with Crippen molar-refractivity contribution in [3.63, 3.8) is 0 Å². The fourth-order valence-corrected chi connectivity index (χ4v) is 4.98. The van der Waals surface area contributed by atoms with Gasteiger partial charge in [-0.3, -0.25) is 14.5 Å². The Morgan fingerprint density at radius 2 is 1.68 bits per heavy atom. The lowest BCUT2D eigenvalue weighted by Gasteiger charge is -2.12. The Morgan fingerprint density at radius 1 is 0.912 bits per heavy atom. The van der Waals surface area contributed by atoms with E-state index >= 15 is 0 Å². The first-order valence-corrected chi connectivity index (χ1v) is 11.6. The molecular formula is C26H17ClF2N2O2S. The second-order valence-corrected chi connectivity index (χ2v) is 9.22. The van der Waals surface area contributed by atoms with Gasteiger partial charge in [-0.25, -0.2) is 8.78 Å². The van der Waals surface area contributed by atoms with Gasteiger partial charge in [0.1, 0.15) is 11.6 Å². The molecule has 0 N–H and O–H groups in total. The molecule has 0 radical (unpaired) electrons. The molecule has 2 heterocycles. The molecule has 1 fully saturated rings. The molecule has 1 aromatic heterocycles. The minimum atomic E-state index is -0.409. The summed E-state index contributed by atoms with van der Waals surface area (Å²) < 4.78 is 29.4. The topological polar surface area (TPSA) is 42.3 Å². The largest absolute Gasteiger partial charge is 0.342 e. The van der Waals surface area contributed by atoms with Crippen molar-refractivity contribution < 1.29 is 18.4 Å². The van der Waals surface area contributed by atoms with Gasteiger partial charge in [-0.1, -0.05) is 48.0 Å². The number of rotatable bonds is 5. The number of benzene rings is 3. The lowest BCUT2D eigenvalue weighted by atomic mass is 10.1. The van der Waals surface area contributed by atoms with Gasteiger partial charge in [-0.2, -0.15) is 0 Å². The molecule has 0 unspecified atom stereocenters. The number of amides is 2. The van der Waals surface area contributed by atoms with E-state index in [2.05, 4.69) is 0 Å². The van der Waals surface area contributed by atoms with Crippen molar-refractivity contribution in [2.75, 3.05) is 0 Å². The van der Waals surface area contributed by atoms with Crippen LogP contribution in [0.2, 0.25) is 5.02 Å². The predicted molar refractivity (Wildman–Crippen MR) is 130 cm³/mol. The fourth-order valence-electron chi connectivity index (χ4n) is 3.92. The molecule has 0 saturated carbocycles. The van der Waals surface area contributed by atoms with E-state index in [4.69, 9.17) is 11.6 Å². The molecule has 0 aliphatic carbocycles. The number of imide groups is 1. The highest BCUT2D eigenvalue weighted by atomic mass is 35.5. The molecule has 5 rings (SSSR count). The molecule has 8 heteroatoms. The first-order valence-electron chi connectivity index (χ1n) is 10.4. The van der Waals surface area contributed by atoms with Crippen LogP contribution >= 0.6 is 23.4 Å². The van der Waals surface area contributed by atoms with Crippen LogP contribution in [0.1, 0.15) is 16.7 Å². The van der Waals surface area contributed by atoms with E-state index in [1.54, 1.807) is 30.3 Å². The van der Waals surface area contributed by atoms with E-state index in [9.17, 15) is 18.4 Å². The average Bonchev–Trinajstić information content (AvgIpc) is 3.30. The minimum Gasteiger partial charge on any atom is -0.342 e. The number of hydrogen-bond donors (Lipinski definition) is 0. The highest BCUT2D eigenvalue weighted by Gasteiger charge is 2.35. The van der Waals surface area contributed by atoms with Crippen LogP contribution in [0.15, 0.2) is 77.8 Å². The fraction of sp³-hybridized carbons (Fsp3) is 0.0769. The SMILES string of the molecule is O=C1S/C(=C\c2cn(Cc3c(F)cccc3Cl)c3ccccc23)C(=O)N1Cc1ccc(F)cc1. The molecule has 4 nitrogen and oxygen atoms in total. The zero-order chi connectivity index (χ0) is 23.8. The van der Waals surface area contributed by atoms with E-state index in [0.29, 0.717) is 21.1 Å². The first-order chi connectivity index (χ1) is 16.4. The number of para-hydroxylation sites is 1. The number of aromatic nitrogens is 1. The minimum absolute atomic E-state index is 0.0653. The van der Waals surface area contributed by atoms with E-state index in [0.717, 1.165) is 33.1 Å². The third kappa shape index (κ3) is 4.24. The van der Waals surface area contributed by atoms with Gasteiger partial charge in [0.25, 0.3) is 11.1 Å². The highest BCUT2D eigenvalue weighted by Crippen LogP contribution is 2.35. The molecule has 1 aliphatic rings. The van der Waals surface area contributed by atoms with E-state index in [1.165, 1.54) is 18.2 Å². The van der Waals surface area contributed by atoms with Crippen LogP contribution in [-0.2, 0) is 17.9 Å². The number of carbonyl (C=O) groups excluding carboxylic acids is 2. The summed E-state index contributed by atoms with van der Waals surface area (Å²) in [6, 6.07) is 17.8. The van der Waals surface area contributed by atoms with Crippen molar-refractivity contribution in [1.82, 2.24) is 9.47 Å². The third-order valence-electron chi connectivity index (χ3n) is 5.62. The number of fused-ring (bicyclic) bond motifs is 1. The van der Waals surface area contributed by atoms with Crippen LogP contribution in [0.4, 0.5) is 13.6 Å². The summed E-state index contributed by atoms with van der Waals surface area (Å²) in [4.78, 5) is 26.9. The van der Waals surface area contributed by atoms with Gasteiger partial charge in [0.05, 0.1) is 18.0 Å². The van der Waals surface area contributed by atoms with E-state index in [1.807, 2.05) is 35.0 Å². The molecule has 34 heavy (non-hydrogen) atoms. The summed E-state index contributed by atoms with van der Waals surface area (Å²) in [5.74, 6) is -1.19. The van der Waals surface area contributed by atoms with Gasteiger partial charge in [0, 0.05) is 33.2 Å². The maximum absolute atomic E-state index is 14.4. The molecule has 0 bridgehead atoms. The molecule has 2 amide bonds. The predicted octanol–water partition coefficient (Wildman–Crippen LogP) is 6.86. The summed E-state index contributed by atoms with van der Waals surface area (Å²) >= 11 is 7.08. The van der Waals surface area contributed by atoms with Crippen LogP contribution in [0.25, 0.3) is 17.0 Å². The van der Waals surface area contributed by atoms with Crippen LogP contribution in [0.3, 0.4) is 0 Å². The highest BCUT2D eigenvalue weighted by molar-refractivity contribution is 8.18. The van der Waals surface area contributed by atoms with Crippen LogP contribution < -0.4 is 0 Å². The van der Waals surface area contributed by atoms with Crippen LogP contribution in [0.5, 0.6) is 0 Å². The Bertz CT molecular complexity index is 1440. The van der Waals surface area contributed by atoms with Crippen molar-refractivity contribution >= 4 is 51.5 Å². The van der Waals surface area contributed by atoms with Crippen molar-refractivity contribution in [2.24, 2.45) is 0 Å². The Kier molecular flexibility index (Phi) is 5.98. The smallest absolute Gasteiger partial charge is 0.293 e. The number of nitrogens with zero attached hydrogens (tertiary/aromatic N) is 2. The van der Waals surface area contributed by atoms with Crippen molar-refractivity contribution in [1.29, 1.82) is 0 Å². The number of halogens is 3. The average molecular weight is 495 g/mol. The summed E-state index contributed by atoms with van der Waals surface area (Å²) in [6.45, 7) is 0.279. The van der Waals surface area contributed by atoms with Crippen LogP contribution in [-0.4, -0.2) is 20.6 Å². The first kappa shape index (κ1) is 22.4. The maximum Gasteiger partial charge on any atom is 0.293 e. The summed E-state index contributed by atoms with van der Waals surface area (Å²) in [6.07, 6.45) is 3.50. The van der Waals surface area contributed by atoms with Gasteiger partial charge in [0.2, 0.25) is 0 Å². The standard InChI is InChI=1S/C26H17ClF2N2O2S/c27-21-5-3-6-22(29)20(21)15-30-14-17(19-4-1-2-7-23(19)30)12-24-25(32)31(26(33)34-24)13-16-8-10-18(28)11-9-16/h1-12,14H,13,15H2/b24-12-. The molecule has 0 atom stereocenters. The molecule has 1 aliphatic heterocycles. The normalized spacial score (nSPS) is 15.1. The van der Waals surface area contributed by atoms with Gasteiger partial charge in [-0.05, 0) is 53.7 Å². The van der Waals surface area contributed by atoms with Gasteiger partial charge in [-0.15, -0.1) is 0 Å². The Balaban J connectivity index is 1.48. The zero-order valence-corrected chi connectivity index (χ0v) is 19.2. The summed E-state index contributed by atoms with van der Waals surface area (Å²) in [5, 5.41) is 0.809. The molecule has 170 valence electrons. The number of hydrogen-bond acceptors (Lipinski definition) is 3. The summed E-state index contributed by atoms with van der Waals surface area (Å²) in [5.41, 5.74) is 2.60. The molecule has 0 spiro atoms. The molecule has 1 saturated heterocycles. The quantitative estimate of drug-likeness (QED) is 0.285. The number of carbonyl (C=O) groups is 2. The Hall–Kier alpha value is -3.42. The van der Waals surface area contributed by atoms with E-state index < -0.39 is 11.7 Å². The van der Waals surface area contributed by atoms with Crippen molar-refractivity contribution in [2.45, 2.75) is 13.1 Å². The van der Waals surface area contributed by atoms with Gasteiger partial charge in [0.15, 0.2) is 0 Å².